The molecule has 0 aromatic heterocycles. The third kappa shape index (κ3) is 4.95. The van der Waals surface area contributed by atoms with E-state index in [2.05, 4.69) is 0 Å². The Labute approximate surface area is 133 Å². The number of allylic oxidation sites excluding steroid dienone is 2. The maximum absolute atomic E-state index is 11.9. The number of amides is 1. The van der Waals surface area contributed by atoms with E-state index in [1.165, 1.54) is 0 Å². The standard InChI is InChI=1S/C18H25NO3/c1-6-19(7-2)18(20)11-8-14(3)12-15-9-10-16(21-4)13-17(15)22-5/h8-13H,6-7H2,1-5H3/b11-8+,14-12+. The molecule has 0 N–H and O–H groups in total. The molecule has 0 aliphatic rings. The molecule has 1 aromatic carbocycles. The van der Waals surface area contributed by atoms with Crippen molar-refractivity contribution in [2.24, 2.45) is 0 Å². The van der Waals surface area contributed by atoms with Crippen LogP contribution in [0.4, 0.5) is 0 Å². The minimum Gasteiger partial charge on any atom is -0.497 e. The van der Waals surface area contributed by atoms with Gasteiger partial charge in [-0.3, -0.25) is 4.79 Å². The van der Waals surface area contributed by atoms with Crippen LogP contribution in [0.2, 0.25) is 0 Å². The van der Waals surface area contributed by atoms with Gasteiger partial charge in [-0.05, 0) is 39.0 Å². The SMILES string of the molecule is CCN(CC)C(=O)/C=C/C(C)=C/c1ccc(OC)cc1OC. The Morgan fingerprint density at radius 3 is 2.36 bits per heavy atom. The van der Waals surface area contributed by atoms with Gasteiger partial charge in [0.2, 0.25) is 5.91 Å². The molecule has 0 spiro atoms. The molecular weight excluding hydrogens is 278 g/mol. The van der Waals surface area contributed by atoms with E-state index in [1.54, 1.807) is 25.2 Å². The Kier molecular flexibility index (Phi) is 7.23. The fourth-order valence-electron chi connectivity index (χ4n) is 2.07. The van der Waals surface area contributed by atoms with Gasteiger partial charge >= 0.3 is 0 Å². The van der Waals surface area contributed by atoms with Crippen LogP contribution in [-0.2, 0) is 4.79 Å². The maximum Gasteiger partial charge on any atom is 0.246 e. The van der Waals surface area contributed by atoms with E-state index in [0.29, 0.717) is 0 Å². The Bertz CT molecular complexity index is 557. The van der Waals surface area contributed by atoms with Gasteiger partial charge in [0.15, 0.2) is 0 Å². The monoisotopic (exact) mass is 303 g/mol. The summed E-state index contributed by atoms with van der Waals surface area (Å²) < 4.78 is 10.5. The van der Waals surface area contributed by atoms with Crippen molar-refractivity contribution in [1.29, 1.82) is 0 Å². The zero-order valence-corrected chi connectivity index (χ0v) is 14.1. The predicted molar refractivity (Wildman–Crippen MR) is 90.3 cm³/mol. The third-order valence-electron chi connectivity index (χ3n) is 3.39. The average Bonchev–Trinajstić information content (AvgIpc) is 2.54. The van der Waals surface area contributed by atoms with Crippen LogP contribution in [0.1, 0.15) is 26.3 Å². The van der Waals surface area contributed by atoms with Gasteiger partial charge in [0.25, 0.3) is 0 Å². The molecule has 0 fully saturated rings. The second-order valence-corrected chi connectivity index (χ2v) is 4.84. The van der Waals surface area contributed by atoms with E-state index < -0.39 is 0 Å². The normalized spacial score (nSPS) is 11.6. The minimum atomic E-state index is 0.0273. The van der Waals surface area contributed by atoms with Crippen LogP contribution in [0.15, 0.2) is 35.9 Å². The van der Waals surface area contributed by atoms with Crippen LogP contribution in [0, 0.1) is 0 Å². The van der Waals surface area contributed by atoms with Crippen molar-refractivity contribution < 1.29 is 14.3 Å². The maximum atomic E-state index is 11.9. The summed E-state index contributed by atoms with van der Waals surface area (Å²) >= 11 is 0. The number of methoxy groups -OCH3 is 2. The highest BCUT2D eigenvalue weighted by molar-refractivity contribution is 5.88. The molecule has 22 heavy (non-hydrogen) atoms. The molecule has 1 amide bonds. The molecule has 0 atom stereocenters. The van der Waals surface area contributed by atoms with Crippen LogP contribution in [0.25, 0.3) is 6.08 Å². The number of hydrogen-bond donors (Lipinski definition) is 0. The van der Waals surface area contributed by atoms with Gasteiger partial charge in [0.05, 0.1) is 14.2 Å². The molecule has 4 nitrogen and oxygen atoms in total. The number of likely N-dealkylation sites (N-methyl/N-ethyl adjacent to an activating group) is 1. The van der Waals surface area contributed by atoms with E-state index in [9.17, 15) is 4.79 Å². The molecule has 0 bridgehead atoms. The highest BCUT2D eigenvalue weighted by Crippen LogP contribution is 2.26. The van der Waals surface area contributed by atoms with Gasteiger partial charge in [-0.15, -0.1) is 0 Å². The van der Waals surface area contributed by atoms with Crippen molar-refractivity contribution in [3.8, 4) is 11.5 Å². The largest absolute Gasteiger partial charge is 0.497 e. The Morgan fingerprint density at radius 1 is 1.14 bits per heavy atom. The predicted octanol–water partition coefficient (Wildman–Crippen LogP) is 3.53. The molecule has 1 aromatic rings. The Hall–Kier alpha value is -2.23. The van der Waals surface area contributed by atoms with Crippen molar-refractivity contribution in [3.63, 3.8) is 0 Å². The van der Waals surface area contributed by atoms with Gasteiger partial charge in [0, 0.05) is 30.8 Å². The van der Waals surface area contributed by atoms with E-state index in [0.717, 1.165) is 35.7 Å². The Morgan fingerprint density at radius 2 is 1.82 bits per heavy atom. The summed E-state index contributed by atoms with van der Waals surface area (Å²) in [5.74, 6) is 1.51. The first-order valence-electron chi connectivity index (χ1n) is 7.43. The van der Waals surface area contributed by atoms with E-state index in [1.807, 2.05) is 51.1 Å². The molecule has 0 saturated heterocycles. The van der Waals surface area contributed by atoms with E-state index >= 15 is 0 Å². The number of rotatable bonds is 7. The van der Waals surface area contributed by atoms with Gasteiger partial charge in [-0.2, -0.15) is 0 Å². The highest BCUT2D eigenvalue weighted by Gasteiger charge is 2.05. The van der Waals surface area contributed by atoms with Crippen LogP contribution in [0.3, 0.4) is 0 Å². The van der Waals surface area contributed by atoms with Crippen molar-refractivity contribution in [1.82, 2.24) is 4.90 Å². The lowest BCUT2D eigenvalue weighted by Crippen LogP contribution is -2.28. The number of carbonyl (C=O) groups is 1. The number of nitrogens with zero attached hydrogens (tertiary/aromatic N) is 1. The fourth-order valence-corrected chi connectivity index (χ4v) is 2.07. The lowest BCUT2D eigenvalue weighted by Gasteiger charge is -2.15. The van der Waals surface area contributed by atoms with Gasteiger partial charge in [-0.1, -0.05) is 11.6 Å². The summed E-state index contributed by atoms with van der Waals surface area (Å²) in [5.41, 5.74) is 1.92. The van der Waals surface area contributed by atoms with E-state index in [-0.39, 0.29) is 5.91 Å². The lowest BCUT2D eigenvalue weighted by atomic mass is 10.1. The zero-order valence-electron chi connectivity index (χ0n) is 14.1. The first-order valence-corrected chi connectivity index (χ1v) is 7.43. The summed E-state index contributed by atoms with van der Waals surface area (Å²) in [6.07, 6.45) is 5.41. The van der Waals surface area contributed by atoms with E-state index in [4.69, 9.17) is 9.47 Å². The summed E-state index contributed by atoms with van der Waals surface area (Å²) in [6.45, 7) is 7.33. The highest BCUT2D eigenvalue weighted by atomic mass is 16.5. The summed E-state index contributed by atoms with van der Waals surface area (Å²) in [4.78, 5) is 13.7. The van der Waals surface area contributed by atoms with Crippen molar-refractivity contribution in [2.45, 2.75) is 20.8 Å². The number of carbonyl (C=O) groups excluding carboxylic acids is 1. The molecule has 0 unspecified atom stereocenters. The van der Waals surface area contributed by atoms with Crippen molar-refractivity contribution in [2.75, 3.05) is 27.3 Å². The zero-order chi connectivity index (χ0) is 16.5. The fraction of sp³-hybridized carbons (Fsp3) is 0.389. The molecule has 0 saturated carbocycles. The first-order chi connectivity index (χ1) is 10.5. The van der Waals surface area contributed by atoms with Gasteiger partial charge in [-0.25, -0.2) is 0 Å². The van der Waals surface area contributed by atoms with Crippen molar-refractivity contribution in [3.05, 3.63) is 41.5 Å². The summed E-state index contributed by atoms with van der Waals surface area (Å²) in [5, 5.41) is 0. The number of hydrogen-bond acceptors (Lipinski definition) is 3. The second-order valence-electron chi connectivity index (χ2n) is 4.84. The average molecular weight is 303 g/mol. The lowest BCUT2D eigenvalue weighted by molar-refractivity contribution is -0.125. The van der Waals surface area contributed by atoms with Crippen LogP contribution in [-0.4, -0.2) is 38.1 Å². The molecule has 0 aliphatic carbocycles. The van der Waals surface area contributed by atoms with Gasteiger partial charge in [0.1, 0.15) is 11.5 Å². The molecular formula is C18H25NO3. The minimum absolute atomic E-state index is 0.0273. The number of benzene rings is 1. The molecule has 4 heteroatoms. The molecule has 0 radical (unpaired) electrons. The van der Waals surface area contributed by atoms with Crippen LogP contribution < -0.4 is 9.47 Å². The first kappa shape index (κ1) is 17.8. The molecule has 0 heterocycles. The molecule has 1 rings (SSSR count). The topological polar surface area (TPSA) is 38.8 Å². The summed E-state index contributed by atoms with van der Waals surface area (Å²) in [7, 11) is 3.25. The Balaban J connectivity index is 2.91. The van der Waals surface area contributed by atoms with Crippen molar-refractivity contribution >= 4 is 12.0 Å². The van der Waals surface area contributed by atoms with Crippen LogP contribution >= 0.6 is 0 Å². The van der Waals surface area contributed by atoms with Gasteiger partial charge < -0.3 is 14.4 Å². The molecule has 0 aliphatic heterocycles. The third-order valence-corrected chi connectivity index (χ3v) is 3.39. The second kappa shape index (κ2) is 8.93. The smallest absolute Gasteiger partial charge is 0.246 e. The quantitative estimate of drug-likeness (QED) is 0.571. The molecule has 120 valence electrons. The number of ether oxygens (including phenoxy) is 2. The summed E-state index contributed by atoms with van der Waals surface area (Å²) in [6, 6.07) is 5.65. The van der Waals surface area contributed by atoms with Crippen LogP contribution in [0.5, 0.6) is 11.5 Å².